The second-order valence-electron chi connectivity index (χ2n) is 7.26. The topological polar surface area (TPSA) is 119 Å². The molecule has 32 heavy (non-hydrogen) atoms. The van der Waals surface area contributed by atoms with Gasteiger partial charge >= 0.3 is 7.82 Å². The summed E-state index contributed by atoms with van der Waals surface area (Å²) in [5.41, 5.74) is 2.95. The highest BCUT2D eigenvalue weighted by molar-refractivity contribution is 7.46. The van der Waals surface area contributed by atoms with Gasteiger partial charge in [-0.1, -0.05) is 6.07 Å². The Kier molecular flexibility index (Phi) is 5.68. The first-order valence-corrected chi connectivity index (χ1v) is 11.9. The number of thiazole rings is 1. The molecule has 0 radical (unpaired) electrons. The molecule has 4 aromatic rings. The highest BCUT2D eigenvalue weighted by Gasteiger charge is 2.29. The summed E-state index contributed by atoms with van der Waals surface area (Å²) in [4.78, 5) is 36.7. The molecule has 0 amide bonds. The van der Waals surface area contributed by atoms with Crippen LogP contribution in [-0.2, 0) is 4.57 Å². The van der Waals surface area contributed by atoms with Crippen molar-refractivity contribution in [2.75, 3.05) is 7.11 Å². The van der Waals surface area contributed by atoms with E-state index in [0.717, 1.165) is 11.1 Å². The number of hydrogen-bond acceptors (Lipinski definition) is 7. The van der Waals surface area contributed by atoms with Crippen LogP contribution < -0.4 is 9.26 Å². The number of fused-ring (bicyclic) bond motifs is 1. The lowest BCUT2D eigenvalue weighted by Crippen LogP contribution is -2.04. The second-order valence-corrected chi connectivity index (χ2v) is 9.32. The van der Waals surface area contributed by atoms with E-state index in [-0.39, 0.29) is 28.4 Å². The van der Waals surface area contributed by atoms with Crippen molar-refractivity contribution in [2.24, 2.45) is 0 Å². The Hall–Kier alpha value is -2.97. The molecule has 0 aliphatic carbocycles. The molecule has 10 heteroatoms. The average molecular weight is 473 g/mol. The zero-order valence-electron chi connectivity index (χ0n) is 17.7. The molecular formula is C22H20NO7PS. The first-order valence-electron chi connectivity index (χ1n) is 9.51. The largest absolute Gasteiger partial charge is 0.524 e. The number of ketones is 1. The molecular weight excluding hydrogens is 453 g/mol. The van der Waals surface area contributed by atoms with Crippen LogP contribution >= 0.6 is 19.2 Å². The van der Waals surface area contributed by atoms with Crippen molar-refractivity contribution < 1.29 is 32.8 Å². The lowest BCUT2D eigenvalue weighted by atomic mass is 9.96. The minimum atomic E-state index is -4.86. The third kappa shape index (κ3) is 3.96. The lowest BCUT2D eigenvalue weighted by molar-refractivity contribution is 0.103. The molecule has 0 fully saturated rings. The monoisotopic (exact) mass is 473 g/mol. The Morgan fingerprint density at radius 3 is 2.53 bits per heavy atom. The van der Waals surface area contributed by atoms with Crippen LogP contribution in [-0.4, -0.2) is 27.7 Å². The van der Waals surface area contributed by atoms with Crippen LogP contribution in [0.1, 0.15) is 32.6 Å². The van der Waals surface area contributed by atoms with E-state index in [1.165, 1.54) is 11.3 Å². The number of benzene rings is 2. The quantitative estimate of drug-likeness (QED) is 0.290. The Labute approximate surface area is 187 Å². The minimum Gasteiger partial charge on any atom is -0.496 e. The van der Waals surface area contributed by atoms with E-state index in [1.54, 1.807) is 49.9 Å². The molecule has 0 unspecified atom stereocenters. The fourth-order valence-electron chi connectivity index (χ4n) is 3.49. The van der Waals surface area contributed by atoms with Crippen LogP contribution in [0.4, 0.5) is 0 Å². The predicted octanol–water partition coefficient (Wildman–Crippen LogP) is 5.19. The van der Waals surface area contributed by atoms with E-state index in [9.17, 15) is 19.1 Å². The molecule has 8 nitrogen and oxygen atoms in total. The summed E-state index contributed by atoms with van der Waals surface area (Å²) >= 11 is 1.28. The van der Waals surface area contributed by atoms with Crippen molar-refractivity contribution in [1.82, 2.24) is 4.98 Å². The van der Waals surface area contributed by atoms with Crippen LogP contribution in [0.2, 0.25) is 0 Å². The summed E-state index contributed by atoms with van der Waals surface area (Å²) in [5.74, 6) is 0.336. The van der Waals surface area contributed by atoms with E-state index in [0.29, 0.717) is 27.3 Å². The SMILES string of the molecule is COc1cc(C(=O)c2c(-c3nccs3)oc3c(OP(=O)(O)O)c(C)ccc23)cc(C)c1C. The molecule has 2 heterocycles. The summed E-state index contributed by atoms with van der Waals surface area (Å²) in [6, 6.07) is 6.72. The third-order valence-electron chi connectivity index (χ3n) is 5.18. The van der Waals surface area contributed by atoms with Crippen LogP contribution in [0.5, 0.6) is 11.5 Å². The first kappa shape index (κ1) is 22.2. The first-order chi connectivity index (χ1) is 15.1. The van der Waals surface area contributed by atoms with Gasteiger partial charge in [-0.05, 0) is 55.7 Å². The number of furan rings is 1. The molecule has 0 aliphatic rings. The summed E-state index contributed by atoms with van der Waals surface area (Å²) in [6.07, 6.45) is 1.58. The van der Waals surface area contributed by atoms with Crippen molar-refractivity contribution >= 4 is 35.9 Å². The maximum absolute atomic E-state index is 13.7. The average Bonchev–Trinajstić information content (AvgIpc) is 3.38. The fourth-order valence-corrected chi connectivity index (χ4v) is 4.58. The van der Waals surface area contributed by atoms with Gasteiger partial charge in [-0.3, -0.25) is 14.6 Å². The standard InChI is InChI=1S/C22H20NO7PS/c1-11-5-6-15-17(18(24)14-9-12(2)13(3)16(10-14)28-4)21(22-23-7-8-32-22)29-20(15)19(11)30-31(25,26)27/h5-10H,1-4H3,(H2,25,26,27). The van der Waals surface area contributed by atoms with E-state index in [1.807, 2.05) is 13.8 Å². The van der Waals surface area contributed by atoms with Crippen LogP contribution in [0.3, 0.4) is 0 Å². The number of carbonyl (C=O) groups is 1. The van der Waals surface area contributed by atoms with Gasteiger partial charge in [0.2, 0.25) is 0 Å². The van der Waals surface area contributed by atoms with Crippen molar-refractivity contribution in [3.05, 3.63) is 63.7 Å². The molecule has 166 valence electrons. The zero-order chi connectivity index (χ0) is 23.2. The number of aryl methyl sites for hydroxylation is 2. The van der Waals surface area contributed by atoms with Crippen molar-refractivity contribution in [3.63, 3.8) is 0 Å². The van der Waals surface area contributed by atoms with E-state index < -0.39 is 7.82 Å². The summed E-state index contributed by atoms with van der Waals surface area (Å²) < 4.78 is 27.9. The molecule has 0 saturated heterocycles. The van der Waals surface area contributed by atoms with Crippen LogP contribution in [0.15, 0.2) is 40.3 Å². The maximum atomic E-state index is 13.7. The summed E-state index contributed by atoms with van der Waals surface area (Å²) in [6.45, 7) is 5.43. The Morgan fingerprint density at radius 1 is 1.16 bits per heavy atom. The maximum Gasteiger partial charge on any atom is 0.524 e. The third-order valence-corrected chi connectivity index (χ3v) is 6.37. The molecule has 2 aromatic carbocycles. The number of methoxy groups -OCH3 is 1. The lowest BCUT2D eigenvalue weighted by Gasteiger charge is -2.11. The Bertz CT molecular complexity index is 1390. The molecule has 0 atom stereocenters. The number of ether oxygens (including phenoxy) is 1. The van der Waals surface area contributed by atoms with E-state index >= 15 is 0 Å². The summed E-state index contributed by atoms with van der Waals surface area (Å²) in [5, 5.41) is 2.57. The molecule has 0 bridgehead atoms. The van der Waals surface area contributed by atoms with Crippen molar-refractivity contribution in [2.45, 2.75) is 20.8 Å². The van der Waals surface area contributed by atoms with Gasteiger partial charge in [-0.2, -0.15) is 0 Å². The van der Waals surface area contributed by atoms with Crippen LogP contribution in [0.25, 0.3) is 21.7 Å². The molecule has 0 aliphatic heterocycles. The number of aromatic nitrogens is 1. The zero-order valence-corrected chi connectivity index (χ0v) is 19.4. The van der Waals surface area contributed by atoms with Gasteiger partial charge in [-0.25, -0.2) is 9.55 Å². The van der Waals surface area contributed by atoms with E-state index in [2.05, 4.69) is 4.98 Å². The van der Waals surface area contributed by atoms with Gasteiger partial charge in [0.25, 0.3) is 0 Å². The minimum absolute atomic E-state index is 0.0673. The van der Waals surface area contributed by atoms with E-state index in [4.69, 9.17) is 13.7 Å². The van der Waals surface area contributed by atoms with Crippen molar-refractivity contribution in [1.29, 1.82) is 0 Å². The predicted molar refractivity (Wildman–Crippen MR) is 121 cm³/mol. The highest BCUT2D eigenvalue weighted by atomic mass is 32.1. The number of phosphoric acid groups is 1. The number of carbonyl (C=O) groups excluding carboxylic acids is 1. The van der Waals surface area contributed by atoms with Gasteiger partial charge in [0.1, 0.15) is 5.75 Å². The van der Waals surface area contributed by atoms with Gasteiger partial charge in [0.05, 0.1) is 12.7 Å². The number of phosphoric ester groups is 1. The molecule has 2 aromatic heterocycles. The molecule has 2 N–H and O–H groups in total. The van der Waals surface area contributed by atoms with Crippen LogP contribution in [0, 0.1) is 20.8 Å². The molecule has 0 spiro atoms. The van der Waals surface area contributed by atoms with Gasteiger partial charge in [-0.15, -0.1) is 11.3 Å². The van der Waals surface area contributed by atoms with Gasteiger partial charge in [0.15, 0.2) is 27.9 Å². The number of nitrogens with zero attached hydrogens (tertiary/aromatic N) is 1. The number of hydrogen-bond donors (Lipinski definition) is 2. The molecule has 0 saturated carbocycles. The number of rotatable bonds is 6. The summed E-state index contributed by atoms with van der Waals surface area (Å²) in [7, 11) is -3.32. The normalized spacial score (nSPS) is 11.7. The van der Waals surface area contributed by atoms with Gasteiger partial charge in [0, 0.05) is 22.5 Å². The Balaban J connectivity index is 2.01. The Morgan fingerprint density at radius 2 is 1.91 bits per heavy atom. The second kappa shape index (κ2) is 8.18. The smallest absolute Gasteiger partial charge is 0.496 e. The highest BCUT2D eigenvalue weighted by Crippen LogP contribution is 2.46. The van der Waals surface area contributed by atoms with Crippen molar-refractivity contribution in [3.8, 4) is 22.3 Å². The van der Waals surface area contributed by atoms with Gasteiger partial charge < -0.3 is 13.7 Å². The molecule has 4 rings (SSSR count). The fraction of sp³-hybridized carbons (Fsp3) is 0.182.